The van der Waals surface area contributed by atoms with Gasteiger partial charge >= 0.3 is 11.9 Å². The molecule has 6 nitrogen and oxygen atoms in total. The van der Waals surface area contributed by atoms with Gasteiger partial charge in [-0.25, -0.2) is 0 Å². The van der Waals surface area contributed by atoms with E-state index in [0.717, 1.165) is 30.5 Å². The quantitative estimate of drug-likeness (QED) is 0.395. The smallest absolute Gasteiger partial charge is 0.416 e. The van der Waals surface area contributed by atoms with Gasteiger partial charge in [-0.3, -0.25) is 10.1 Å². The maximum absolute atomic E-state index is 12.6. The van der Waals surface area contributed by atoms with Crippen LogP contribution in [0.2, 0.25) is 0 Å². The summed E-state index contributed by atoms with van der Waals surface area (Å²) in [6, 6.07) is 7.63. The Labute approximate surface area is 127 Å². The molecule has 23 heavy (non-hydrogen) atoms. The topological polar surface area (TPSA) is 85.0 Å². The Balaban J connectivity index is 2.38. The summed E-state index contributed by atoms with van der Waals surface area (Å²) >= 11 is 0. The van der Waals surface area contributed by atoms with E-state index >= 15 is 0 Å². The molecule has 9 heteroatoms. The van der Waals surface area contributed by atoms with Gasteiger partial charge in [0.15, 0.2) is 0 Å². The average Bonchev–Trinajstić information content (AvgIpc) is 2.48. The number of nitrogens with zero attached hydrogens (tertiary/aromatic N) is 2. The zero-order valence-corrected chi connectivity index (χ0v) is 11.3. The summed E-state index contributed by atoms with van der Waals surface area (Å²) in [6.07, 6.45) is -3.58. The lowest BCUT2D eigenvalue weighted by molar-refractivity contribution is -0.385. The van der Waals surface area contributed by atoms with Gasteiger partial charge in [-0.2, -0.15) is 13.2 Å². The third-order valence-corrected chi connectivity index (χ3v) is 2.78. The van der Waals surface area contributed by atoms with E-state index in [1.54, 1.807) is 0 Å². The molecular formula is C14H9F3N2O4. The Hall–Kier alpha value is -3.10. The highest BCUT2D eigenvalue weighted by atomic mass is 19.4. The number of halogens is 3. The first-order chi connectivity index (χ1) is 10.8. The Morgan fingerprint density at radius 2 is 1.96 bits per heavy atom. The molecule has 0 bridgehead atoms. The van der Waals surface area contributed by atoms with Crippen LogP contribution in [0.25, 0.3) is 0 Å². The fourth-order valence-corrected chi connectivity index (χ4v) is 1.77. The van der Waals surface area contributed by atoms with Gasteiger partial charge in [0, 0.05) is 11.6 Å². The first-order valence-electron chi connectivity index (χ1n) is 6.12. The predicted molar refractivity (Wildman–Crippen MR) is 74.0 cm³/mol. The van der Waals surface area contributed by atoms with E-state index in [9.17, 15) is 23.3 Å². The van der Waals surface area contributed by atoms with Crippen LogP contribution in [-0.2, 0) is 6.18 Å². The molecule has 0 aromatic heterocycles. The zero-order valence-electron chi connectivity index (χ0n) is 11.3. The lowest BCUT2D eigenvalue weighted by atomic mass is 10.2. The molecule has 0 saturated heterocycles. The fraction of sp³-hybridized carbons (Fsp3) is 0.0714. The maximum Gasteiger partial charge on any atom is 0.416 e. The third-order valence-electron chi connectivity index (χ3n) is 2.78. The van der Waals surface area contributed by atoms with Crippen molar-refractivity contribution in [1.29, 1.82) is 0 Å². The molecule has 2 rings (SSSR count). The number of hydrogen-bond acceptors (Lipinski definition) is 5. The number of oxime groups is 1. The van der Waals surface area contributed by atoms with Crippen LogP contribution in [0.3, 0.4) is 0 Å². The van der Waals surface area contributed by atoms with Gasteiger partial charge in [0.2, 0.25) is 5.75 Å². The van der Waals surface area contributed by atoms with Gasteiger partial charge in [-0.1, -0.05) is 11.2 Å². The van der Waals surface area contributed by atoms with Gasteiger partial charge in [-0.15, -0.1) is 0 Å². The lowest BCUT2D eigenvalue weighted by Crippen LogP contribution is -2.04. The van der Waals surface area contributed by atoms with Crippen LogP contribution in [0.5, 0.6) is 11.5 Å². The second-order valence-electron chi connectivity index (χ2n) is 4.36. The standard InChI is InChI=1S/C14H9F3N2O4/c15-14(16,17)10-2-1-3-11(7-10)23-13-5-4-9(8-18-20)6-12(13)19(21)22/h1-8,20H/b18-8-. The van der Waals surface area contributed by atoms with E-state index in [1.807, 2.05) is 0 Å². The summed E-state index contributed by atoms with van der Waals surface area (Å²) in [6.45, 7) is 0. The van der Waals surface area contributed by atoms with Crippen LogP contribution < -0.4 is 4.74 Å². The molecule has 0 atom stereocenters. The van der Waals surface area contributed by atoms with Crippen molar-refractivity contribution in [2.24, 2.45) is 5.16 Å². The normalized spacial score (nSPS) is 11.6. The number of nitro benzene ring substituents is 1. The summed E-state index contributed by atoms with van der Waals surface area (Å²) < 4.78 is 43.1. The van der Waals surface area contributed by atoms with Crippen molar-refractivity contribution in [1.82, 2.24) is 0 Å². The molecule has 2 aromatic carbocycles. The summed E-state index contributed by atoms with van der Waals surface area (Å²) in [5.74, 6) is -0.420. The van der Waals surface area contributed by atoms with Gasteiger partial charge in [-0.05, 0) is 30.3 Å². The van der Waals surface area contributed by atoms with Crippen molar-refractivity contribution in [3.05, 3.63) is 63.7 Å². The van der Waals surface area contributed by atoms with Gasteiger partial charge in [0.05, 0.1) is 16.7 Å². The van der Waals surface area contributed by atoms with Gasteiger partial charge in [0.25, 0.3) is 0 Å². The second kappa shape index (κ2) is 6.34. The average molecular weight is 326 g/mol. The van der Waals surface area contributed by atoms with E-state index in [1.165, 1.54) is 18.2 Å². The van der Waals surface area contributed by atoms with E-state index in [-0.39, 0.29) is 17.1 Å². The number of rotatable bonds is 4. The molecule has 1 N–H and O–H groups in total. The van der Waals surface area contributed by atoms with E-state index < -0.39 is 22.4 Å². The molecule has 0 spiro atoms. The van der Waals surface area contributed by atoms with Gasteiger partial charge < -0.3 is 9.94 Å². The van der Waals surface area contributed by atoms with Crippen LogP contribution in [0, 0.1) is 10.1 Å². The zero-order chi connectivity index (χ0) is 17.0. The van der Waals surface area contributed by atoms with Crippen molar-refractivity contribution in [3.63, 3.8) is 0 Å². The highest BCUT2D eigenvalue weighted by molar-refractivity contribution is 5.81. The van der Waals surface area contributed by atoms with Crippen molar-refractivity contribution in [2.75, 3.05) is 0 Å². The Morgan fingerprint density at radius 1 is 1.22 bits per heavy atom. The SMILES string of the molecule is O=[N+]([O-])c1cc(/C=N\O)ccc1Oc1cccc(C(F)(F)F)c1. The summed E-state index contributed by atoms with van der Waals surface area (Å²) in [5, 5.41) is 22.2. The molecule has 0 aliphatic rings. The molecule has 0 fully saturated rings. The van der Waals surface area contributed by atoms with Crippen molar-refractivity contribution in [3.8, 4) is 11.5 Å². The number of ether oxygens (including phenoxy) is 1. The first kappa shape index (κ1) is 16.3. The van der Waals surface area contributed by atoms with Crippen molar-refractivity contribution < 1.29 is 28.0 Å². The van der Waals surface area contributed by atoms with Crippen LogP contribution in [0.1, 0.15) is 11.1 Å². The molecule has 0 unspecified atom stereocenters. The van der Waals surface area contributed by atoms with Crippen molar-refractivity contribution in [2.45, 2.75) is 6.18 Å². The third kappa shape index (κ3) is 3.96. The minimum atomic E-state index is -4.55. The summed E-state index contributed by atoms with van der Waals surface area (Å²) in [7, 11) is 0. The highest BCUT2D eigenvalue weighted by Crippen LogP contribution is 2.35. The van der Waals surface area contributed by atoms with Crippen LogP contribution in [-0.4, -0.2) is 16.3 Å². The molecule has 0 radical (unpaired) electrons. The lowest BCUT2D eigenvalue weighted by Gasteiger charge is -2.10. The molecule has 0 aliphatic carbocycles. The summed E-state index contributed by atoms with van der Waals surface area (Å²) in [5.41, 5.74) is -1.17. The largest absolute Gasteiger partial charge is 0.450 e. The molecule has 0 saturated carbocycles. The van der Waals surface area contributed by atoms with E-state index in [4.69, 9.17) is 9.94 Å². The molecule has 120 valence electrons. The van der Waals surface area contributed by atoms with Crippen LogP contribution >= 0.6 is 0 Å². The Bertz CT molecular complexity index is 760. The van der Waals surface area contributed by atoms with Crippen molar-refractivity contribution >= 4 is 11.9 Å². The summed E-state index contributed by atoms with van der Waals surface area (Å²) in [4.78, 5) is 10.3. The van der Waals surface area contributed by atoms with E-state index in [2.05, 4.69) is 5.16 Å². The van der Waals surface area contributed by atoms with Crippen LogP contribution in [0.15, 0.2) is 47.6 Å². The number of benzene rings is 2. The minimum absolute atomic E-state index is 0.188. The highest BCUT2D eigenvalue weighted by Gasteiger charge is 2.30. The molecule has 2 aromatic rings. The molecule has 0 amide bonds. The fourth-order valence-electron chi connectivity index (χ4n) is 1.77. The van der Waals surface area contributed by atoms with Crippen LogP contribution in [0.4, 0.5) is 18.9 Å². The number of hydrogen-bond donors (Lipinski definition) is 1. The minimum Gasteiger partial charge on any atom is -0.450 e. The molecule has 0 heterocycles. The number of nitro groups is 1. The van der Waals surface area contributed by atoms with E-state index in [0.29, 0.717) is 0 Å². The van der Waals surface area contributed by atoms with Gasteiger partial charge in [0.1, 0.15) is 5.75 Å². The number of alkyl halides is 3. The monoisotopic (exact) mass is 326 g/mol. The maximum atomic E-state index is 12.6. The predicted octanol–water partition coefficient (Wildman–Crippen LogP) is 4.21. The molecule has 0 aliphatic heterocycles. The second-order valence-corrected chi connectivity index (χ2v) is 4.36. The molecular weight excluding hydrogens is 317 g/mol. The Kier molecular flexibility index (Phi) is 4.49. The Morgan fingerprint density at radius 3 is 2.57 bits per heavy atom. The first-order valence-corrected chi connectivity index (χ1v) is 6.12.